The second-order valence-corrected chi connectivity index (χ2v) is 7.79. The van der Waals surface area contributed by atoms with Crippen LogP contribution in [0.5, 0.6) is 0 Å². The molecule has 1 N–H and O–H groups in total. The van der Waals surface area contributed by atoms with Crippen molar-refractivity contribution in [2.24, 2.45) is 0 Å². The predicted molar refractivity (Wildman–Crippen MR) is 89.5 cm³/mol. The molecule has 2 fully saturated rings. The van der Waals surface area contributed by atoms with Gasteiger partial charge in [0.2, 0.25) is 0 Å². The smallest absolute Gasteiger partial charge is 0.144 e. The zero-order valence-corrected chi connectivity index (χ0v) is 14.4. The zero-order chi connectivity index (χ0) is 13.9. The minimum absolute atomic E-state index is 0.497. The maximum absolute atomic E-state index is 4.91. The van der Waals surface area contributed by atoms with Crippen LogP contribution in [0.25, 0.3) is 0 Å². The summed E-state index contributed by atoms with van der Waals surface area (Å²) in [6.45, 7) is 3.15. The number of hydrogen-bond donors (Lipinski definition) is 1. The molecule has 2 aliphatic rings. The second-order valence-electron chi connectivity index (χ2n) is 5.69. The number of hydrogen-bond acceptors (Lipinski definition) is 4. The number of thioether (sulfide) groups is 1. The molecule has 5 heteroatoms. The largest absolute Gasteiger partial charge is 0.369 e. The first-order valence-electron chi connectivity index (χ1n) is 7.72. The van der Waals surface area contributed by atoms with Gasteiger partial charge in [-0.25, -0.2) is 9.97 Å². The molecule has 20 heavy (non-hydrogen) atoms. The standard InChI is InChI=1S/C15H22BrN3S/c1-2-8-17-15-12(16)13(10-6-7-10)18-14(19-15)11-5-3-4-9-20-11/h10-11H,2-9H2,1H3,(H,17,18,19). The van der Waals surface area contributed by atoms with Crippen LogP contribution in [0.4, 0.5) is 5.82 Å². The molecule has 0 bridgehead atoms. The van der Waals surface area contributed by atoms with Crippen molar-refractivity contribution >= 4 is 33.5 Å². The lowest BCUT2D eigenvalue weighted by Gasteiger charge is -2.22. The van der Waals surface area contributed by atoms with Crippen molar-refractivity contribution in [1.82, 2.24) is 9.97 Å². The van der Waals surface area contributed by atoms with Crippen molar-refractivity contribution in [3.63, 3.8) is 0 Å². The fraction of sp³-hybridized carbons (Fsp3) is 0.733. The van der Waals surface area contributed by atoms with E-state index in [2.05, 4.69) is 28.2 Å². The van der Waals surface area contributed by atoms with E-state index in [1.54, 1.807) is 0 Å². The fourth-order valence-corrected chi connectivity index (χ4v) is 4.44. The van der Waals surface area contributed by atoms with E-state index in [-0.39, 0.29) is 0 Å². The van der Waals surface area contributed by atoms with Gasteiger partial charge in [0.25, 0.3) is 0 Å². The van der Waals surface area contributed by atoms with Crippen LogP contribution in [0, 0.1) is 0 Å². The Kier molecular flexibility index (Phi) is 4.87. The number of aromatic nitrogens is 2. The van der Waals surface area contributed by atoms with E-state index in [1.165, 1.54) is 43.6 Å². The van der Waals surface area contributed by atoms with Gasteiger partial charge in [-0.2, -0.15) is 11.8 Å². The third kappa shape index (κ3) is 3.30. The van der Waals surface area contributed by atoms with Crippen LogP contribution in [-0.4, -0.2) is 22.3 Å². The van der Waals surface area contributed by atoms with Crippen LogP contribution in [0.3, 0.4) is 0 Å². The van der Waals surface area contributed by atoms with Crippen molar-refractivity contribution in [2.75, 3.05) is 17.6 Å². The molecule has 0 radical (unpaired) electrons. The van der Waals surface area contributed by atoms with E-state index in [4.69, 9.17) is 9.97 Å². The Bertz CT molecular complexity index is 470. The number of rotatable bonds is 5. The van der Waals surface area contributed by atoms with Crippen LogP contribution in [0.15, 0.2) is 4.47 Å². The van der Waals surface area contributed by atoms with Gasteiger partial charge in [0.1, 0.15) is 11.6 Å². The fourth-order valence-electron chi connectivity index (χ4n) is 2.56. The highest BCUT2D eigenvalue weighted by atomic mass is 79.9. The highest BCUT2D eigenvalue weighted by molar-refractivity contribution is 9.10. The quantitative estimate of drug-likeness (QED) is 0.815. The molecule has 1 aliphatic heterocycles. The van der Waals surface area contributed by atoms with Crippen LogP contribution in [-0.2, 0) is 0 Å². The molecule has 1 saturated heterocycles. The number of anilines is 1. The van der Waals surface area contributed by atoms with Gasteiger partial charge < -0.3 is 5.32 Å². The molecular formula is C15H22BrN3S. The number of halogens is 1. The van der Waals surface area contributed by atoms with E-state index in [1.807, 2.05) is 11.8 Å². The van der Waals surface area contributed by atoms with Gasteiger partial charge in [-0.3, -0.25) is 0 Å². The first kappa shape index (κ1) is 14.6. The molecule has 3 nitrogen and oxygen atoms in total. The van der Waals surface area contributed by atoms with Gasteiger partial charge in [0.15, 0.2) is 0 Å². The lowest BCUT2D eigenvalue weighted by molar-refractivity contribution is 0.658. The molecule has 0 spiro atoms. The average molecular weight is 356 g/mol. The van der Waals surface area contributed by atoms with E-state index in [9.17, 15) is 0 Å². The maximum atomic E-state index is 4.91. The van der Waals surface area contributed by atoms with Crippen LogP contribution in [0.1, 0.15) is 68.1 Å². The lowest BCUT2D eigenvalue weighted by atomic mass is 10.1. The number of nitrogens with one attached hydrogen (secondary N) is 1. The third-order valence-corrected chi connectivity index (χ3v) is 6.02. The Hall–Kier alpha value is -0.290. The summed E-state index contributed by atoms with van der Waals surface area (Å²) in [5.74, 6) is 3.96. The molecule has 0 amide bonds. The first-order chi connectivity index (χ1) is 9.79. The van der Waals surface area contributed by atoms with Gasteiger partial charge in [-0.1, -0.05) is 13.3 Å². The van der Waals surface area contributed by atoms with E-state index in [0.29, 0.717) is 11.2 Å². The van der Waals surface area contributed by atoms with E-state index >= 15 is 0 Å². The molecule has 1 saturated carbocycles. The van der Waals surface area contributed by atoms with Crippen molar-refractivity contribution in [3.8, 4) is 0 Å². The summed E-state index contributed by atoms with van der Waals surface area (Å²) in [7, 11) is 0. The van der Waals surface area contributed by atoms with Crippen LogP contribution in [0.2, 0.25) is 0 Å². The molecule has 1 unspecified atom stereocenters. The molecule has 1 aliphatic carbocycles. The van der Waals surface area contributed by atoms with Crippen LogP contribution >= 0.6 is 27.7 Å². The SMILES string of the molecule is CCCNc1nc(C2CCCCS2)nc(C2CC2)c1Br. The summed E-state index contributed by atoms with van der Waals surface area (Å²) in [4.78, 5) is 9.72. The van der Waals surface area contributed by atoms with Crippen molar-refractivity contribution in [3.05, 3.63) is 16.0 Å². The third-order valence-electron chi connectivity index (χ3n) is 3.87. The maximum Gasteiger partial charge on any atom is 0.144 e. The minimum Gasteiger partial charge on any atom is -0.369 e. The molecule has 0 aromatic carbocycles. The Labute approximate surface area is 133 Å². The summed E-state index contributed by atoms with van der Waals surface area (Å²) in [6.07, 6.45) is 7.55. The molecule has 1 atom stereocenters. The highest BCUT2D eigenvalue weighted by Gasteiger charge is 2.31. The van der Waals surface area contributed by atoms with Crippen molar-refractivity contribution in [2.45, 2.75) is 56.6 Å². The molecule has 1 aromatic heterocycles. The van der Waals surface area contributed by atoms with Gasteiger partial charge in [-0.15, -0.1) is 0 Å². The average Bonchev–Trinajstić information content (AvgIpc) is 3.32. The van der Waals surface area contributed by atoms with Crippen molar-refractivity contribution in [1.29, 1.82) is 0 Å². The monoisotopic (exact) mass is 355 g/mol. The topological polar surface area (TPSA) is 37.8 Å². The predicted octanol–water partition coefficient (Wildman–Crippen LogP) is 4.90. The van der Waals surface area contributed by atoms with E-state index < -0.39 is 0 Å². The van der Waals surface area contributed by atoms with Gasteiger partial charge in [0.05, 0.1) is 15.4 Å². The highest BCUT2D eigenvalue weighted by Crippen LogP contribution is 2.45. The molecule has 3 rings (SSSR count). The van der Waals surface area contributed by atoms with Gasteiger partial charge in [-0.05, 0) is 53.8 Å². The van der Waals surface area contributed by atoms with E-state index in [0.717, 1.165) is 29.1 Å². The summed E-state index contributed by atoms with van der Waals surface area (Å²) in [5.41, 5.74) is 1.24. The minimum atomic E-state index is 0.497. The zero-order valence-electron chi connectivity index (χ0n) is 12.0. The number of nitrogens with zero attached hydrogens (tertiary/aromatic N) is 2. The molecular weight excluding hydrogens is 334 g/mol. The van der Waals surface area contributed by atoms with Gasteiger partial charge in [0, 0.05) is 12.5 Å². The summed E-state index contributed by atoms with van der Waals surface area (Å²) >= 11 is 5.74. The Morgan fingerprint density at radius 2 is 2.10 bits per heavy atom. The Balaban J connectivity index is 1.89. The Morgan fingerprint density at radius 3 is 2.75 bits per heavy atom. The lowest BCUT2D eigenvalue weighted by Crippen LogP contribution is -2.12. The first-order valence-corrected chi connectivity index (χ1v) is 9.56. The van der Waals surface area contributed by atoms with Crippen LogP contribution < -0.4 is 5.32 Å². The normalized spacial score (nSPS) is 22.8. The summed E-state index contributed by atoms with van der Waals surface area (Å²) in [6, 6.07) is 0. The Morgan fingerprint density at radius 1 is 1.25 bits per heavy atom. The summed E-state index contributed by atoms with van der Waals surface area (Å²) in [5, 5.41) is 3.95. The second kappa shape index (κ2) is 6.65. The van der Waals surface area contributed by atoms with Crippen molar-refractivity contribution < 1.29 is 0 Å². The molecule has 110 valence electrons. The molecule has 2 heterocycles. The summed E-state index contributed by atoms with van der Waals surface area (Å²) < 4.78 is 1.10. The molecule has 1 aromatic rings. The van der Waals surface area contributed by atoms with Gasteiger partial charge >= 0.3 is 0 Å².